The number of nitrogens with one attached hydrogen (secondary N) is 1. The minimum absolute atomic E-state index is 0.157. The molecule has 182 valence electrons. The van der Waals surface area contributed by atoms with Crippen LogP contribution in [-0.4, -0.2) is 51.4 Å². The molecule has 7 nitrogen and oxygen atoms in total. The molecule has 1 amide bonds. The number of sulfonamides is 1. The van der Waals surface area contributed by atoms with E-state index in [0.717, 1.165) is 15.8 Å². The van der Waals surface area contributed by atoms with Crippen LogP contribution in [0.1, 0.15) is 21.5 Å². The summed E-state index contributed by atoms with van der Waals surface area (Å²) in [7, 11) is 0.135. The highest BCUT2D eigenvalue weighted by molar-refractivity contribution is 7.92. The number of benzene rings is 3. The van der Waals surface area contributed by atoms with Crippen LogP contribution in [0.4, 0.5) is 10.8 Å². The molecule has 0 saturated heterocycles. The molecule has 3 aromatic carbocycles. The molecule has 4 aromatic rings. The van der Waals surface area contributed by atoms with Crippen LogP contribution in [0, 0.1) is 13.8 Å². The molecule has 0 saturated carbocycles. The maximum atomic E-state index is 13.7. The average Bonchev–Trinajstić information content (AvgIpc) is 3.21. The molecule has 0 aliphatic carbocycles. The van der Waals surface area contributed by atoms with Gasteiger partial charge in [-0.1, -0.05) is 35.6 Å². The van der Waals surface area contributed by atoms with Gasteiger partial charge in [0, 0.05) is 24.3 Å². The Labute approximate surface area is 210 Å². The first-order valence-corrected chi connectivity index (χ1v) is 13.5. The number of carbonyl (C=O) groups is 1. The van der Waals surface area contributed by atoms with Gasteiger partial charge in [-0.05, 0) is 81.5 Å². The van der Waals surface area contributed by atoms with Crippen LogP contribution in [-0.2, 0) is 10.0 Å². The number of thiazole rings is 1. The number of hydrogen-bond acceptors (Lipinski definition) is 6. The maximum Gasteiger partial charge on any atom is 0.261 e. The van der Waals surface area contributed by atoms with Gasteiger partial charge in [-0.15, -0.1) is 0 Å². The Balaban J connectivity index is 1.66. The Morgan fingerprint density at radius 1 is 0.943 bits per heavy atom. The van der Waals surface area contributed by atoms with Gasteiger partial charge in [0.25, 0.3) is 15.9 Å². The van der Waals surface area contributed by atoms with Crippen molar-refractivity contribution in [1.29, 1.82) is 0 Å². The highest BCUT2D eigenvalue weighted by atomic mass is 32.2. The molecule has 0 atom stereocenters. The van der Waals surface area contributed by atoms with Gasteiger partial charge in [-0.25, -0.2) is 13.4 Å². The number of nitrogens with zero attached hydrogens (tertiary/aromatic N) is 3. The molecule has 9 heteroatoms. The Bertz CT molecular complexity index is 1430. The highest BCUT2D eigenvalue weighted by Gasteiger charge is 2.23. The zero-order chi connectivity index (χ0) is 25.2. The predicted molar refractivity (Wildman–Crippen MR) is 143 cm³/mol. The molecule has 0 bridgehead atoms. The molecule has 1 N–H and O–H groups in total. The van der Waals surface area contributed by atoms with Crippen LogP contribution in [0.15, 0.2) is 71.6 Å². The lowest BCUT2D eigenvalue weighted by atomic mass is 10.1. The first-order chi connectivity index (χ1) is 16.6. The van der Waals surface area contributed by atoms with Crippen LogP contribution in [0.5, 0.6) is 0 Å². The van der Waals surface area contributed by atoms with Crippen molar-refractivity contribution in [3.8, 4) is 0 Å². The summed E-state index contributed by atoms with van der Waals surface area (Å²) in [5.74, 6) is -0.236. The number of carbonyl (C=O) groups excluding carboxylic acids is 1. The molecular weight excluding hydrogens is 480 g/mol. The largest absolute Gasteiger partial charge is 0.308 e. The highest BCUT2D eigenvalue weighted by Crippen LogP contribution is 2.32. The third-order valence-corrected chi connectivity index (χ3v) is 8.09. The van der Waals surface area contributed by atoms with E-state index < -0.39 is 10.0 Å². The molecular formula is C26H28N4O3S2. The van der Waals surface area contributed by atoms with Gasteiger partial charge in [-0.3, -0.25) is 14.4 Å². The number of aryl methyl sites for hydroxylation is 2. The van der Waals surface area contributed by atoms with Gasteiger partial charge in [-0.2, -0.15) is 0 Å². The van der Waals surface area contributed by atoms with E-state index in [-0.39, 0.29) is 10.8 Å². The summed E-state index contributed by atoms with van der Waals surface area (Å²) in [5, 5.41) is 0.618. The summed E-state index contributed by atoms with van der Waals surface area (Å²) in [6.45, 7) is 5.21. The van der Waals surface area contributed by atoms with Crippen molar-refractivity contribution >= 4 is 48.3 Å². The lowest BCUT2D eigenvalue weighted by Gasteiger charge is -2.22. The summed E-state index contributed by atoms with van der Waals surface area (Å²) in [5.41, 5.74) is 3.89. The van der Waals surface area contributed by atoms with Gasteiger partial charge >= 0.3 is 0 Å². The standard InChI is InChI=1S/C26H28N4O3S2/c1-18-15-23-24(16-19(18)2)34-26(27-23)30(14-13-29(3)4)25(31)20-9-8-10-21(17-20)28-35(32,33)22-11-6-5-7-12-22/h5-12,15-17,28H,13-14H2,1-4H3. The first-order valence-electron chi connectivity index (χ1n) is 11.2. The topological polar surface area (TPSA) is 82.6 Å². The van der Waals surface area contributed by atoms with Crippen LogP contribution in [0.3, 0.4) is 0 Å². The molecule has 0 aliphatic heterocycles. The quantitative estimate of drug-likeness (QED) is 0.365. The van der Waals surface area contributed by atoms with E-state index in [1.807, 2.05) is 32.0 Å². The minimum atomic E-state index is -3.77. The lowest BCUT2D eigenvalue weighted by molar-refractivity contribution is 0.0985. The Morgan fingerprint density at radius 3 is 2.37 bits per heavy atom. The van der Waals surface area contributed by atoms with Gasteiger partial charge < -0.3 is 4.90 Å². The normalized spacial score (nSPS) is 11.7. The molecule has 0 aliphatic rings. The van der Waals surface area contributed by atoms with Gasteiger partial charge in [0.1, 0.15) is 0 Å². The molecule has 0 radical (unpaired) electrons. The number of fused-ring (bicyclic) bond motifs is 1. The number of aromatic nitrogens is 1. The molecule has 1 heterocycles. The summed E-state index contributed by atoms with van der Waals surface area (Å²) in [4.78, 5) is 22.2. The van der Waals surface area contributed by atoms with Crippen molar-refractivity contribution in [3.63, 3.8) is 0 Å². The monoisotopic (exact) mass is 508 g/mol. The Kier molecular flexibility index (Phi) is 7.20. The predicted octanol–water partition coefficient (Wildman–Crippen LogP) is 4.92. The van der Waals surface area contributed by atoms with Crippen molar-refractivity contribution in [2.45, 2.75) is 18.7 Å². The Hall–Kier alpha value is -3.27. The van der Waals surface area contributed by atoms with E-state index in [2.05, 4.69) is 17.7 Å². The molecule has 0 fully saturated rings. The van der Waals surface area contributed by atoms with Crippen LogP contribution >= 0.6 is 11.3 Å². The van der Waals surface area contributed by atoms with Crippen LogP contribution < -0.4 is 9.62 Å². The van der Waals surface area contributed by atoms with Gasteiger partial charge in [0.15, 0.2) is 5.13 Å². The summed E-state index contributed by atoms with van der Waals surface area (Å²) >= 11 is 1.48. The van der Waals surface area contributed by atoms with Crippen LogP contribution in [0.2, 0.25) is 0 Å². The summed E-state index contributed by atoms with van der Waals surface area (Å²) < 4.78 is 29.1. The molecule has 4 rings (SSSR count). The van der Waals surface area contributed by atoms with E-state index in [9.17, 15) is 13.2 Å². The van der Waals surface area contributed by atoms with E-state index in [1.54, 1.807) is 47.4 Å². The van der Waals surface area contributed by atoms with Gasteiger partial charge in [0.05, 0.1) is 15.1 Å². The number of amides is 1. The molecule has 0 unspecified atom stereocenters. The van der Waals surface area contributed by atoms with Crippen molar-refractivity contribution in [2.75, 3.05) is 36.8 Å². The van der Waals surface area contributed by atoms with Crippen molar-refractivity contribution < 1.29 is 13.2 Å². The zero-order valence-electron chi connectivity index (χ0n) is 20.1. The van der Waals surface area contributed by atoms with E-state index in [4.69, 9.17) is 4.98 Å². The number of likely N-dealkylation sites (N-methyl/N-ethyl adjacent to an activating group) is 1. The van der Waals surface area contributed by atoms with Gasteiger partial charge in [0.2, 0.25) is 0 Å². The minimum Gasteiger partial charge on any atom is -0.308 e. The van der Waals surface area contributed by atoms with E-state index in [0.29, 0.717) is 29.5 Å². The molecule has 35 heavy (non-hydrogen) atoms. The second-order valence-corrected chi connectivity index (χ2v) is 11.4. The Morgan fingerprint density at radius 2 is 1.66 bits per heavy atom. The number of rotatable bonds is 8. The fraction of sp³-hybridized carbons (Fsp3) is 0.231. The number of hydrogen-bond donors (Lipinski definition) is 1. The van der Waals surface area contributed by atoms with Crippen molar-refractivity contribution in [3.05, 3.63) is 83.4 Å². The first kappa shape index (κ1) is 24.8. The van der Waals surface area contributed by atoms with Crippen LogP contribution in [0.25, 0.3) is 10.2 Å². The summed E-state index contributed by atoms with van der Waals surface area (Å²) in [6.07, 6.45) is 0. The SMILES string of the molecule is Cc1cc2nc(N(CCN(C)C)C(=O)c3cccc(NS(=O)(=O)c4ccccc4)c3)sc2cc1C. The zero-order valence-corrected chi connectivity index (χ0v) is 21.8. The average molecular weight is 509 g/mol. The fourth-order valence-corrected chi connectivity index (χ4v) is 5.69. The van der Waals surface area contributed by atoms with E-state index >= 15 is 0 Å². The van der Waals surface area contributed by atoms with Crippen molar-refractivity contribution in [1.82, 2.24) is 9.88 Å². The second-order valence-electron chi connectivity index (χ2n) is 8.66. The molecule has 1 aromatic heterocycles. The van der Waals surface area contributed by atoms with E-state index in [1.165, 1.54) is 29.0 Å². The van der Waals surface area contributed by atoms with Crippen molar-refractivity contribution in [2.24, 2.45) is 0 Å². The third-order valence-electron chi connectivity index (χ3n) is 5.65. The second kappa shape index (κ2) is 10.2. The smallest absolute Gasteiger partial charge is 0.261 e. The fourth-order valence-electron chi connectivity index (χ4n) is 3.55. The summed E-state index contributed by atoms with van der Waals surface area (Å²) in [6, 6.07) is 18.8. The molecule has 0 spiro atoms. The lowest BCUT2D eigenvalue weighted by Crippen LogP contribution is -2.36. The maximum absolute atomic E-state index is 13.7. The third kappa shape index (κ3) is 5.70. The number of anilines is 2.